The molecule has 0 aromatic heterocycles. The Bertz CT molecular complexity index is 1320. The number of carbonyl (C=O) groups is 4. The molecule has 0 radical (unpaired) electrons. The fourth-order valence-corrected chi connectivity index (χ4v) is 7.64. The Balaban J connectivity index is 2.48. The quantitative estimate of drug-likeness (QED) is 0.0225. The van der Waals surface area contributed by atoms with Crippen LogP contribution in [-0.4, -0.2) is 48.3 Å². The SMILES string of the molecule is CCCCCCCCC=CCCCCCCCC(=O)OCC(COC(=O)CCCCCCC/C=C\CCCCCCCC)OC(=O)CC(C)CC(=O)Oc1c(C)cc(CO)cc1C. The minimum Gasteiger partial charge on any atom is -0.462 e. The van der Waals surface area contributed by atoms with E-state index >= 15 is 0 Å². The zero-order chi connectivity index (χ0) is 46.2. The van der Waals surface area contributed by atoms with Gasteiger partial charge in [0, 0.05) is 25.7 Å². The molecule has 0 fully saturated rings. The van der Waals surface area contributed by atoms with E-state index in [0.717, 1.165) is 93.7 Å². The third kappa shape index (κ3) is 33.7. The molecular weight excluding hydrogens is 793 g/mol. The van der Waals surface area contributed by atoms with Gasteiger partial charge in [0.05, 0.1) is 6.61 Å². The van der Waals surface area contributed by atoms with E-state index in [-0.39, 0.29) is 57.4 Å². The summed E-state index contributed by atoms with van der Waals surface area (Å²) in [6.45, 7) is 9.35. The van der Waals surface area contributed by atoms with E-state index in [0.29, 0.717) is 5.75 Å². The first-order valence-electron chi connectivity index (χ1n) is 25.3. The van der Waals surface area contributed by atoms with Gasteiger partial charge in [-0.1, -0.05) is 160 Å². The van der Waals surface area contributed by atoms with E-state index in [4.69, 9.17) is 18.9 Å². The fraction of sp³-hybridized carbons (Fsp3) is 0.741. The Morgan fingerprint density at radius 2 is 0.889 bits per heavy atom. The normalized spacial score (nSPS) is 12.5. The van der Waals surface area contributed by atoms with Crippen molar-refractivity contribution in [1.82, 2.24) is 0 Å². The van der Waals surface area contributed by atoms with E-state index in [2.05, 4.69) is 38.2 Å². The third-order valence-corrected chi connectivity index (χ3v) is 11.4. The zero-order valence-electron chi connectivity index (χ0n) is 40.7. The van der Waals surface area contributed by atoms with Gasteiger partial charge in [-0.2, -0.15) is 0 Å². The molecule has 2 atom stereocenters. The lowest BCUT2D eigenvalue weighted by Gasteiger charge is -2.19. The molecule has 63 heavy (non-hydrogen) atoms. The van der Waals surface area contributed by atoms with E-state index in [9.17, 15) is 24.3 Å². The minimum atomic E-state index is -0.955. The average molecular weight is 883 g/mol. The Morgan fingerprint density at radius 3 is 1.29 bits per heavy atom. The van der Waals surface area contributed by atoms with Crippen LogP contribution in [-0.2, 0) is 40.0 Å². The van der Waals surface area contributed by atoms with Crippen LogP contribution in [0.5, 0.6) is 5.75 Å². The van der Waals surface area contributed by atoms with Gasteiger partial charge in [0.1, 0.15) is 19.0 Å². The van der Waals surface area contributed by atoms with Crippen molar-refractivity contribution in [3.05, 3.63) is 53.1 Å². The van der Waals surface area contributed by atoms with Crippen molar-refractivity contribution in [3.63, 3.8) is 0 Å². The molecule has 0 heterocycles. The molecule has 0 aliphatic heterocycles. The van der Waals surface area contributed by atoms with Crippen molar-refractivity contribution < 1.29 is 43.2 Å². The number of esters is 4. The molecule has 1 aromatic rings. The number of carbonyl (C=O) groups excluding carboxylic acids is 4. The largest absolute Gasteiger partial charge is 0.462 e. The molecule has 0 saturated carbocycles. The summed E-state index contributed by atoms with van der Waals surface area (Å²) in [6.07, 6.45) is 39.2. The summed E-state index contributed by atoms with van der Waals surface area (Å²) in [7, 11) is 0. The highest BCUT2D eigenvalue weighted by Gasteiger charge is 2.23. The number of allylic oxidation sites excluding steroid dienone is 4. The molecule has 1 aromatic carbocycles. The number of hydrogen-bond acceptors (Lipinski definition) is 9. The Labute approximate surface area is 383 Å². The van der Waals surface area contributed by atoms with Crippen LogP contribution in [0.2, 0.25) is 0 Å². The standard InChI is InChI=1S/C54H90O9/c1-6-8-10-12-14-16-18-20-22-24-26-28-30-32-34-36-50(56)60-43-49(44-61-51(57)37-35-33-31-29-27-25-23-21-19-17-15-13-11-9-7-2)62-52(58)38-45(3)39-53(59)63-54-46(4)40-48(42-55)41-47(54)5/h20-23,40-41,45,49,55H,6-19,24-39,42-44H2,1-5H3/b22-20-,23-21?. The van der Waals surface area contributed by atoms with Crippen molar-refractivity contribution in [2.24, 2.45) is 5.92 Å². The van der Waals surface area contributed by atoms with Crippen LogP contribution in [0.15, 0.2) is 36.4 Å². The lowest BCUT2D eigenvalue weighted by molar-refractivity contribution is -0.167. The Morgan fingerprint density at radius 1 is 0.524 bits per heavy atom. The van der Waals surface area contributed by atoms with Crippen molar-refractivity contribution in [2.75, 3.05) is 13.2 Å². The van der Waals surface area contributed by atoms with Gasteiger partial charge in [-0.25, -0.2) is 0 Å². The van der Waals surface area contributed by atoms with Gasteiger partial charge in [0.15, 0.2) is 6.10 Å². The highest BCUT2D eigenvalue weighted by Crippen LogP contribution is 2.26. The van der Waals surface area contributed by atoms with E-state index < -0.39 is 24.0 Å². The maximum atomic E-state index is 13.0. The van der Waals surface area contributed by atoms with Crippen molar-refractivity contribution in [3.8, 4) is 5.75 Å². The van der Waals surface area contributed by atoms with Gasteiger partial charge in [-0.15, -0.1) is 0 Å². The van der Waals surface area contributed by atoms with Gasteiger partial charge in [0.25, 0.3) is 0 Å². The van der Waals surface area contributed by atoms with Crippen LogP contribution < -0.4 is 4.74 Å². The molecular formula is C54H90O9. The van der Waals surface area contributed by atoms with Crippen LogP contribution in [0.25, 0.3) is 0 Å². The number of unbranched alkanes of at least 4 members (excludes halogenated alkanes) is 22. The van der Waals surface area contributed by atoms with Crippen LogP contribution in [0.1, 0.15) is 230 Å². The maximum absolute atomic E-state index is 13.0. The van der Waals surface area contributed by atoms with Crippen LogP contribution >= 0.6 is 0 Å². The minimum absolute atomic E-state index is 0.0176. The van der Waals surface area contributed by atoms with Crippen LogP contribution in [0, 0.1) is 19.8 Å². The molecule has 0 aliphatic carbocycles. The average Bonchev–Trinajstić information content (AvgIpc) is 3.25. The van der Waals surface area contributed by atoms with Crippen LogP contribution in [0.3, 0.4) is 0 Å². The summed E-state index contributed by atoms with van der Waals surface area (Å²) in [5, 5.41) is 9.47. The van der Waals surface area contributed by atoms with Gasteiger partial charge in [-0.3, -0.25) is 19.2 Å². The lowest BCUT2D eigenvalue weighted by atomic mass is 10.0. The molecule has 0 saturated heterocycles. The number of aryl methyl sites for hydroxylation is 2. The molecule has 0 spiro atoms. The lowest BCUT2D eigenvalue weighted by Crippen LogP contribution is -2.31. The number of benzene rings is 1. The molecule has 1 rings (SSSR count). The molecule has 9 nitrogen and oxygen atoms in total. The second-order valence-corrected chi connectivity index (χ2v) is 17.9. The summed E-state index contributed by atoms with van der Waals surface area (Å²) >= 11 is 0. The number of aliphatic hydroxyl groups excluding tert-OH is 1. The second-order valence-electron chi connectivity index (χ2n) is 17.9. The summed E-state index contributed by atoms with van der Waals surface area (Å²) < 4.78 is 22.3. The summed E-state index contributed by atoms with van der Waals surface area (Å²) in [6, 6.07) is 3.54. The summed E-state index contributed by atoms with van der Waals surface area (Å²) in [4.78, 5) is 51.2. The third-order valence-electron chi connectivity index (χ3n) is 11.4. The Kier molecular flexibility index (Phi) is 36.6. The summed E-state index contributed by atoms with van der Waals surface area (Å²) in [5.74, 6) is -1.76. The monoisotopic (exact) mass is 883 g/mol. The Hall–Kier alpha value is -3.46. The fourth-order valence-electron chi connectivity index (χ4n) is 7.64. The van der Waals surface area contributed by atoms with E-state index in [1.54, 1.807) is 19.1 Å². The predicted octanol–water partition coefficient (Wildman–Crippen LogP) is 14.2. The number of rotatable bonds is 41. The maximum Gasteiger partial charge on any atom is 0.311 e. The number of aliphatic hydroxyl groups is 1. The molecule has 0 amide bonds. The van der Waals surface area contributed by atoms with Gasteiger partial charge < -0.3 is 24.1 Å². The van der Waals surface area contributed by atoms with Crippen molar-refractivity contribution >= 4 is 23.9 Å². The molecule has 360 valence electrons. The van der Waals surface area contributed by atoms with Crippen LogP contribution in [0.4, 0.5) is 0 Å². The molecule has 1 N–H and O–H groups in total. The first-order valence-corrected chi connectivity index (χ1v) is 25.3. The van der Waals surface area contributed by atoms with Gasteiger partial charge in [0.2, 0.25) is 0 Å². The number of hydrogen-bond donors (Lipinski definition) is 1. The van der Waals surface area contributed by atoms with E-state index in [1.165, 1.54) is 89.9 Å². The first-order chi connectivity index (χ1) is 30.6. The number of ether oxygens (including phenoxy) is 4. The highest BCUT2D eigenvalue weighted by atomic mass is 16.6. The predicted molar refractivity (Wildman–Crippen MR) is 257 cm³/mol. The topological polar surface area (TPSA) is 125 Å². The van der Waals surface area contributed by atoms with E-state index in [1.807, 2.05) is 13.8 Å². The molecule has 0 aliphatic rings. The van der Waals surface area contributed by atoms with Crippen molar-refractivity contribution in [1.29, 1.82) is 0 Å². The molecule has 0 bridgehead atoms. The second kappa shape index (κ2) is 40.1. The first kappa shape index (κ1) is 57.6. The summed E-state index contributed by atoms with van der Waals surface area (Å²) in [5.41, 5.74) is 2.21. The zero-order valence-corrected chi connectivity index (χ0v) is 40.7. The smallest absolute Gasteiger partial charge is 0.311 e. The molecule has 2 unspecified atom stereocenters. The molecule has 9 heteroatoms. The van der Waals surface area contributed by atoms with Gasteiger partial charge in [-0.05, 0) is 101 Å². The highest BCUT2D eigenvalue weighted by molar-refractivity contribution is 5.75. The van der Waals surface area contributed by atoms with Gasteiger partial charge >= 0.3 is 23.9 Å². The van der Waals surface area contributed by atoms with Crippen molar-refractivity contribution in [2.45, 2.75) is 240 Å².